The molecule has 9 heteroatoms. The second-order valence-corrected chi connectivity index (χ2v) is 8.15. The van der Waals surface area contributed by atoms with E-state index < -0.39 is 28.7 Å². The number of benzene rings is 1. The number of aromatic nitrogens is 1. The second kappa shape index (κ2) is 8.22. The number of Topliss-reactive ketones (excluding diaryl/α,β-unsaturated/α-hetero) is 1. The van der Waals surface area contributed by atoms with E-state index in [1.54, 1.807) is 4.57 Å². The average Bonchev–Trinajstić information content (AvgIpc) is 3.41. The zero-order valence-electron chi connectivity index (χ0n) is 17.1. The Morgan fingerprint density at radius 3 is 2.58 bits per heavy atom. The number of carboxylic acid groups (broad SMARTS) is 1. The molecule has 1 saturated heterocycles. The summed E-state index contributed by atoms with van der Waals surface area (Å²) in [6, 6.07) is 2.41. The number of ketones is 1. The van der Waals surface area contributed by atoms with E-state index in [-0.39, 0.29) is 42.0 Å². The highest BCUT2D eigenvalue weighted by Crippen LogP contribution is 2.38. The maximum Gasteiger partial charge on any atom is 0.341 e. The number of hydrogen-bond acceptors (Lipinski definition) is 5. The van der Waals surface area contributed by atoms with Crippen LogP contribution in [0.25, 0.3) is 10.9 Å². The quantitative estimate of drug-likeness (QED) is 0.677. The molecule has 1 aromatic carbocycles. The van der Waals surface area contributed by atoms with Crippen molar-refractivity contribution in [3.8, 4) is 0 Å². The maximum absolute atomic E-state index is 15.2. The third-order valence-electron chi connectivity index (χ3n) is 5.67. The van der Waals surface area contributed by atoms with E-state index in [9.17, 15) is 24.3 Å². The van der Waals surface area contributed by atoms with Crippen LogP contribution in [0.3, 0.4) is 0 Å². The lowest BCUT2D eigenvalue weighted by Crippen LogP contribution is -2.39. The molecule has 2 aromatic rings. The molecule has 1 amide bonds. The summed E-state index contributed by atoms with van der Waals surface area (Å²) < 4.78 is 22.5. The van der Waals surface area contributed by atoms with Crippen molar-refractivity contribution in [1.29, 1.82) is 0 Å². The number of halogens is 1. The lowest BCUT2D eigenvalue weighted by Gasteiger charge is -2.26. The first-order chi connectivity index (χ1) is 14.8. The van der Waals surface area contributed by atoms with Gasteiger partial charge < -0.3 is 19.3 Å². The van der Waals surface area contributed by atoms with E-state index in [1.807, 2.05) is 0 Å². The number of aromatic carboxylic acids is 1. The third-order valence-corrected chi connectivity index (χ3v) is 5.67. The van der Waals surface area contributed by atoms with Crippen LogP contribution in [0.4, 0.5) is 10.1 Å². The minimum Gasteiger partial charge on any atom is -0.477 e. The molecule has 31 heavy (non-hydrogen) atoms. The maximum atomic E-state index is 15.2. The Balaban J connectivity index is 1.86. The van der Waals surface area contributed by atoms with Gasteiger partial charge in [0.1, 0.15) is 17.2 Å². The minimum atomic E-state index is -1.37. The molecule has 1 aliphatic carbocycles. The topological polar surface area (TPSA) is 106 Å². The number of fused-ring (bicyclic) bond motifs is 1. The number of pyridine rings is 1. The molecule has 1 saturated carbocycles. The van der Waals surface area contributed by atoms with Crippen molar-refractivity contribution in [1.82, 2.24) is 4.57 Å². The first-order valence-electron chi connectivity index (χ1n) is 10.3. The Bertz CT molecular complexity index is 1130. The van der Waals surface area contributed by atoms with Gasteiger partial charge in [-0.3, -0.25) is 14.4 Å². The molecule has 1 aliphatic heterocycles. The fourth-order valence-electron chi connectivity index (χ4n) is 4.01. The highest BCUT2D eigenvalue weighted by molar-refractivity contribution is 6.06. The van der Waals surface area contributed by atoms with E-state index in [1.165, 1.54) is 24.1 Å². The van der Waals surface area contributed by atoms with Crippen LogP contribution in [-0.2, 0) is 14.3 Å². The summed E-state index contributed by atoms with van der Waals surface area (Å²) in [5.41, 5.74) is -0.881. The largest absolute Gasteiger partial charge is 0.477 e. The van der Waals surface area contributed by atoms with Gasteiger partial charge in [0.15, 0.2) is 0 Å². The average molecular weight is 430 g/mol. The highest BCUT2D eigenvalue weighted by atomic mass is 19.1. The second-order valence-electron chi connectivity index (χ2n) is 8.15. The Labute approximate surface area is 177 Å². The van der Waals surface area contributed by atoms with Crippen molar-refractivity contribution >= 4 is 34.3 Å². The molecular weight excluding hydrogens is 407 g/mol. The van der Waals surface area contributed by atoms with Gasteiger partial charge in [-0.05, 0) is 44.7 Å². The van der Waals surface area contributed by atoms with Gasteiger partial charge in [-0.1, -0.05) is 0 Å². The van der Waals surface area contributed by atoms with Crippen molar-refractivity contribution in [2.45, 2.75) is 51.2 Å². The number of nitrogens with zero attached hydrogens (tertiary/aromatic N) is 2. The molecule has 2 fully saturated rings. The van der Waals surface area contributed by atoms with Crippen molar-refractivity contribution < 1.29 is 28.6 Å². The van der Waals surface area contributed by atoms with Crippen LogP contribution in [0.15, 0.2) is 23.1 Å². The molecule has 4 rings (SSSR count). The van der Waals surface area contributed by atoms with Crippen LogP contribution in [0.5, 0.6) is 0 Å². The van der Waals surface area contributed by atoms with Crippen LogP contribution < -0.4 is 10.3 Å². The Kier molecular flexibility index (Phi) is 5.62. The van der Waals surface area contributed by atoms with Gasteiger partial charge in [0.2, 0.25) is 11.3 Å². The van der Waals surface area contributed by atoms with Crippen molar-refractivity contribution in [2.24, 2.45) is 0 Å². The number of carbonyl (C=O) groups is 3. The monoisotopic (exact) mass is 430 g/mol. The number of amides is 1. The van der Waals surface area contributed by atoms with Crippen molar-refractivity contribution in [3.05, 3.63) is 39.9 Å². The zero-order chi connectivity index (χ0) is 22.3. The summed E-state index contributed by atoms with van der Waals surface area (Å²) in [6.07, 6.45) is 3.81. The first kappa shape index (κ1) is 21.2. The number of rotatable bonds is 7. The third kappa shape index (κ3) is 4.23. The molecule has 1 N–H and O–H groups in total. The Morgan fingerprint density at radius 1 is 1.26 bits per heavy atom. The lowest BCUT2D eigenvalue weighted by molar-refractivity contribution is -0.125. The number of carboxylic acids is 1. The molecule has 164 valence electrons. The van der Waals surface area contributed by atoms with E-state index in [0.29, 0.717) is 18.5 Å². The first-order valence-corrected chi connectivity index (χ1v) is 10.3. The van der Waals surface area contributed by atoms with E-state index in [0.717, 1.165) is 25.3 Å². The van der Waals surface area contributed by atoms with Gasteiger partial charge >= 0.3 is 5.97 Å². The van der Waals surface area contributed by atoms with E-state index in [4.69, 9.17) is 4.74 Å². The van der Waals surface area contributed by atoms with Gasteiger partial charge in [0, 0.05) is 24.2 Å². The molecule has 8 nitrogen and oxygen atoms in total. The molecule has 0 spiro atoms. The predicted molar refractivity (Wildman–Crippen MR) is 110 cm³/mol. The number of anilines is 1. The lowest BCUT2D eigenvalue weighted by atomic mass is 10.1. The molecule has 2 aliphatic rings. The summed E-state index contributed by atoms with van der Waals surface area (Å²) >= 11 is 0. The molecule has 1 unspecified atom stereocenters. The van der Waals surface area contributed by atoms with Gasteiger partial charge in [-0.15, -0.1) is 0 Å². The van der Waals surface area contributed by atoms with Crippen molar-refractivity contribution in [2.75, 3.05) is 18.1 Å². The van der Waals surface area contributed by atoms with Gasteiger partial charge in [0.05, 0.1) is 30.3 Å². The fourth-order valence-corrected chi connectivity index (χ4v) is 4.01. The SMILES string of the molecule is CC(=O)CC(=O)N(CC1CCCO1)c1cc2c(cc1F)c(=O)c(C(=O)O)cn2C1CC1. The van der Waals surface area contributed by atoms with Crippen molar-refractivity contribution in [3.63, 3.8) is 0 Å². The van der Waals surface area contributed by atoms with Crippen LogP contribution in [-0.4, -0.2) is 46.6 Å². The standard InChI is InChI=1S/C22H23FN2O6/c1-12(26)7-20(27)25(10-14-3-2-6-31-14)19-9-18-15(8-17(19)23)21(28)16(22(29)30)11-24(18)13-4-5-13/h8-9,11,13-14H,2-7,10H2,1H3,(H,29,30). The Morgan fingerprint density at radius 2 is 2.00 bits per heavy atom. The van der Waals surface area contributed by atoms with Gasteiger partial charge in [-0.2, -0.15) is 0 Å². The summed E-state index contributed by atoms with van der Waals surface area (Å²) in [5, 5.41) is 9.32. The molecule has 0 bridgehead atoms. The molecule has 1 atom stereocenters. The van der Waals surface area contributed by atoms with E-state index in [2.05, 4.69) is 0 Å². The zero-order valence-corrected chi connectivity index (χ0v) is 17.1. The molecule has 2 heterocycles. The summed E-state index contributed by atoms with van der Waals surface area (Å²) in [5.74, 6) is -3.10. The highest BCUT2D eigenvalue weighted by Gasteiger charge is 2.30. The summed E-state index contributed by atoms with van der Waals surface area (Å²) in [4.78, 5) is 49.7. The van der Waals surface area contributed by atoms with Crippen LogP contribution in [0, 0.1) is 5.82 Å². The van der Waals surface area contributed by atoms with Crippen LogP contribution in [0.2, 0.25) is 0 Å². The Hall–Kier alpha value is -3.07. The molecular formula is C22H23FN2O6. The summed E-state index contributed by atoms with van der Waals surface area (Å²) in [6.45, 7) is 1.94. The smallest absolute Gasteiger partial charge is 0.341 e. The van der Waals surface area contributed by atoms with Crippen LogP contribution in [0.1, 0.15) is 55.4 Å². The van der Waals surface area contributed by atoms with Crippen LogP contribution >= 0.6 is 0 Å². The number of ether oxygens (including phenoxy) is 1. The van der Waals surface area contributed by atoms with E-state index >= 15 is 4.39 Å². The number of hydrogen-bond donors (Lipinski definition) is 1. The fraction of sp³-hybridized carbons (Fsp3) is 0.455. The molecule has 1 aromatic heterocycles. The summed E-state index contributed by atoms with van der Waals surface area (Å²) in [7, 11) is 0. The predicted octanol–water partition coefficient (Wildman–Crippen LogP) is 2.66. The number of carbonyl (C=O) groups excluding carboxylic acids is 2. The molecule has 0 radical (unpaired) electrons. The normalized spacial score (nSPS) is 18.3. The van der Waals surface area contributed by atoms with Gasteiger partial charge in [0.25, 0.3) is 0 Å². The van der Waals surface area contributed by atoms with Gasteiger partial charge in [-0.25, -0.2) is 9.18 Å². The minimum absolute atomic E-state index is 0.0130.